The molecule has 15 heavy (non-hydrogen) atoms. The van der Waals surface area contributed by atoms with Crippen molar-refractivity contribution in [2.45, 2.75) is 25.4 Å². The molecule has 4 unspecified atom stereocenters. The van der Waals surface area contributed by atoms with Gasteiger partial charge >= 0.3 is 0 Å². The second-order valence-electron chi connectivity index (χ2n) is 5.08. The zero-order chi connectivity index (χ0) is 10.5. The van der Waals surface area contributed by atoms with Gasteiger partial charge in [-0.3, -0.25) is 0 Å². The van der Waals surface area contributed by atoms with Crippen LogP contribution in [0.3, 0.4) is 0 Å². The maximum absolute atomic E-state index is 13.0. The molecule has 1 saturated carbocycles. The van der Waals surface area contributed by atoms with Crippen LogP contribution in [0.4, 0.5) is 0 Å². The largest absolute Gasteiger partial charge is 0.318 e. The molecule has 0 radical (unpaired) electrons. The van der Waals surface area contributed by atoms with Crippen LogP contribution in [0.15, 0.2) is 30.3 Å². The Balaban J connectivity index is 2.04. The van der Waals surface area contributed by atoms with Crippen LogP contribution < -0.4 is 5.30 Å². The maximum atomic E-state index is 13.0. The van der Waals surface area contributed by atoms with Gasteiger partial charge in [-0.25, -0.2) is 0 Å². The Kier molecular flexibility index (Phi) is 2.07. The first-order chi connectivity index (χ1) is 7.22. The van der Waals surface area contributed by atoms with Crippen molar-refractivity contribution in [3.8, 4) is 0 Å². The van der Waals surface area contributed by atoms with Gasteiger partial charge in [0, 0.05) is 17.1 Å². The van der Waals surface area contributed by atoms with E-state index in [1.807, 2.05) is 18.2 Å². The third-order valence-corrected chi connectivity index (χ3v) is 8.40. The van der Waals surface area contributed by atoms with Crippen LogP contribution in [0, 0.1) is 11.8 Å². The van der Waals surface area contributed by atoms with Gasteiger partial charge in [0.15, 0.2) is 0 Å². The van der Waals surface area contributed by atoms with Gasteiger partial charge in [0.25, 0.3) is 0 Å². The molecule has 4 atom stereocenters. The van der Waals surface area contributed by atoms with E-state index in [0.29, 0.717) is 11.6 Å². The summed E-state index contributed by atoms with van der Waals surface area (Å²) in [5, 5.41) is 1.13. The molecule has 1 nitrogen and oxygen atoms in total. The summed E-state index contributed by atoms with van der Waals surface area (Å²) < 4.78 is 13.0. The first kappa shape index (κ1) is 9.66. The maximum Gasteiger partial charge on any atom is 0.119 e. The van der Waals surface area contributed by atoms with Gasteiger partial charge < -0.3 is 4.57 Å². The average Bonchev–Trinajstić information content (AvgIpc) is 2.74. The van der Waals surface area contributed by atoms with E-state index in [9.17, 15) is 4.57 Å². The summed E-state index contributed by atoms with van der Waals surface area (Å²) in [5.74, 6) is 1.43. The fourth-order valence-corrected chi connectivity index (χ4v) is 7.85. The lowest BCUT2D eigenvalue weighted by atomic mass is 10.0. The van der Waals surface area contributed by atoms with Gasteiger partial charge in [0.05, 0.1) is 0 Å². The molecule has 0 spiro atoms. The normalized spacial score (nSPS) is 43.4. The van der Waals surface area contributed by atoms with E-state index in [1.165, 1.54) is 12.8 Å². The summed E-state index contributed by atoms with van der Waals surface area (Å²) in [4.78, 5) is 0. The molecule has 3 rings (SSSR count). The van der Waals surface area contributed by atoms with Crippen LogP contribution in [0.2, 0.25) is 0 Å². The molecule has 1 aromatic rings. The highest BCUT2D eigenvalue weighted by atomic mass is 31.2. The Morgan fingerprint density at radius 2 is 1.93 bits per heavy atom. The van der Waals surface area contributed by atoms with Crippen LogP contribution in [0.25, 0.3) is 0 Å². The molecule has 2 fully saturated rings. The van der Waals surface area contributed by atoms with Gasteiger partial charge in [0.2, 0.25) is 0 Å². The van der Waals surface area contributed by atoms with Crippen LogP contribution in [-0.2, 0) is 4.57 Å². The van der Waals surface area contributed by atoms with E-state index >= 15 is 0 Å². The van der Waals surface area contributed by atoms with Crippen molar-refractivity contribution in [1.82, 2.24) is 0 Å². The molecule has 2 aliphatic rings. The monoisotopic (exact) mass is 220 g/mol. The second-order valence-corrected chi connectivity index (χ2v) is 8.21. The average molecular weight is 220 g/mol. The number of rotatable bonds is 1. The predicted octanol–water partition coefficient (Wildman–Crippen LogP) is 3.10. The number of benzene rings is 1. The van der Waals surface area contributed by atoms with E-state index in [1.54, 1.807) is 0 Å². The van der Waals surface area contributed by atoms with E-state index < -0.39 is 7.14 Å². The van der Waals surface area contributed by atoms with Gasteiger partial charge in [-0.1, -0.05) is 37.3 Å². The second kappa shape index (κ2) is 3.22. The molecular weight excluding hydrogens is 203 g/mol. The highest BCUT2D eigenvalue weighted by Gasteiger charge is 2.53. The SMILES string of the molecule is CC1C2CCC1P(=O)(c1ccccc1)C2. The zero-order valence-electron chi connectivity index (χ0n) is 9.10. The molecule has 2 heteroatoms. The summed E-state index contributed by atoms with van der Waals surface area (Å²) in [7, 11) is -2.04. The van der Waals surface area contributed by atoms with E-state index in [4.69, 9.17) is 0 Å². The third kappa shape index (κ3) is 1.26. The highest BCUT2D eigenvalue weighted by Crippen LogP contribution is 2.67. The minimum absolute atomic E-state index is 0.491. The zero-order valence-corrected chi connectivity index (χ0v) is 9.99. The molecule has 0 amide bonds. The summed E-state index contributed by atoms with van der Waals surface area (Å²) in [6.07, 6.45) is 3.48. The number of hydrogen-bond acceptors (Lipinski definition) is 1. The van der Waals surface area contributed by atoms with Crippen LogP contribution >= 0.6 is 7.14 Å². The van der Waals surface area contributed by atoms with Crippen molar-refractivity contribution in [1.29, 1.82) is 0 Å². The molecule has 1 aromatic carbocycles. The molecule has 1 aliphatic carbocycles. The topological polar surface area (TPSA) is 17.1 Å². The third-order valence-electron chi connectivity index (χ3n) is 4.42. The van der Waals surface area contributed by atoms with E-state index in [0.717, 1.165) is 17.4 Å². The van der Waals surface area contributed by atoms with Crippen molar-refractivity contribution in [2.75, 3.05) is 6.16 Å². The smallest absolute Gasteiger partial charge is 0.119 e. The Bertz CT molecular complexity index is 412. The standard InChI is InChI=1S/C13H17OP/c1-10-11-7-8-13(10)15(14,9-11)12-5-3-2-4-6-12/h2-6,10-11,13H,7-9H2,1H3. The summed E-state index contributed by atoms with van der Waals surface area (Å²) in [6.45, 7) is 2.30. The predicted molar refractivity (Wildman–Crippen MR) is 64.2 cm³/mol. The fraction of sp³-hybridized carbons (Fsp3) is 0.538. The van der Waals surface area contributed by atoms with Crippen molar-refractivity contribution < 1.29 is 4.57 Å². The first-order valence-electron chi connectivity index (χ1n) is 5.86. The first-order valence-corrected chi connectivity index (χ1v) is 7.82. The Hall–Kier alpha value is -0.550. The minimum Gasteiger partial charge on any atom is -0.318 e. The van der Waals surface area contributed by atoms with E-state index in [2.05, 4.69) is 19.1 Å². The van der Waals surface area contributed by atoms with Crippen LogP contribution in [0.1, 0.15) is 19.8 Å². The molecule has 0 aromatic heterocycles. The lowest BCUT2D eigenvalue weighted by Gasteiger charge is -2.23. The van der Waals surface area contributed by atoms with Crippen molar-refractivity contribution in [3.05, 3.63) is 30.3 Å². The lowest BCUT2D eigenvalue weighted by molar-refractivity contribution is 0.491. The molecule has 2 bridgehead atoms. The molecular formula is C13H17OP. The van der Waals surface area contributed by atoms with Crippen molar-refractivity contribution >= 4 is 12.4 Å². The van der Waals surface area contributed by atoms with Crippen LogP contribution in [-0.4, -0.2) is 11.8 Å². The molecule has 80 valence electrons. The molecule has 1 heterocycles. The van der Waals surface area contributed by atoms with Gasteiger partial charge in [-0.2, -0.15) is 0 Å². The van der Waals surface area contributed by atoms with Crippen molar-refractivity contribution in [3.63, 3.8) is 0 Å². The van der Waals surface area contributed by atoms with Crippen LogP contribution in [0.5, 0.6) is 0 Å². The Labute approximate surface area is 91.3 Å². The van der Waals surface area contributed by atoms with E-state index in [-0.39, 0.29) is 0 Å². The quantitative estimate of drug-likeness (QED) is 0.665. The lowest BCUT2D eigenvalue weighted by Crippen LogP contribution is -2.16. The molecule has 1 saturated heterocycles. The van der Waals surface area contributed by atoms with Gasteiger partial charge in [0.1, 0.15) is 7.14 Å². The summed E-state index contributed by atoms with van der Waals surface area (Å²) in [6, 6.07) is 10.2. The van der Waals surface area contributed by atoms with Gasteiger partial charge in [-0.15, -0.1) is 0 Å². The highest BCUT2D eigenvalue weighted by molar-refractivity contribution is 7.72. The van der Waals surface area contributed by atoms with Gasteiger partial charge in [-0.05, 0) is 24.7 Å². The summed E-state index contributed by atoms with van der Waals surface area (Å²) >= 11 is 0. The molecule has 0 N–H and O–H groups in total. The fourth-order valence-electron chi connectivity index (χ4n) is 3.53. The molecule has 1 aliphatic heterocycles. The number of hydrogen-bond donors (Lipinski definition) is 0. The van der Waals surface area contributed by atoms with Crippen molar-refractivity contribution in [2.24, 2.45) is 11.8 Å². The Morgan fingerprint density at radius 1 is 1.20 bits per heavy atom. The Morgan fingerprint density at radius 3 is 2.47 bits per heavy atom. The minimum atomic E-state index is -2.04. The number of fused-ring (bicyclic) bond motifs is 2. The summed E-state index contributed by atoms with van der Waals surface area (Å²) in [5.41, 5.74) is 0.491.